The van der Waals surface area contributed by atoms with Gasteiger partial charge in [0.15, 0.2) is 22.7 Å². The van der Waals surface area contributed by atoms with Crippen LogP contribution in [0.5, 0.6) is 11.5 Å². The number of pyridine rings is 1. The van der Waals surface area contributed by atoms with Gasteiger partial charge in [-0.05, 0) is 47.9 Å². The molecule has 0 saturated carbocycles. The molecule has 5 rings (SSSR count). The molecule has 166 valence electrons. The van der Waals surface area contributed by atoms with Crippen LogP contribution in [0, 0.1) is 5.82 Å². The molecule has 0 bridgehead atoms. The molecule has 0 radical (unpaired) electrons. The summed E-state index contributed by atoms with van der Waals surface area (Å²) >= 11 is 0. The van der Waals surface area contributed by atoms with Gasteiger partial charge < -0.3 is 14.0 Å². The summed E-state index contributed by atoms with van der Waals surface area (Å²) in [4.78, 5) is 13.1. The molecule has 8 nitrogen and oxygen atoms in total. The van der Waals surface area contributed by atoms with E-state index in [9.17, 15) is 9.18 Å². The number of aromatic nitrogens is 5. The Labute approximate surface area is 187 Å². The third kappa shape index (κ3) is 3.67. The van der Waals surface area contributed by atoms with E-state index in [1.165, 1.54) is 12.1 Å². The third-order valence-electron chi connectivity index (χ3n) is 5.58. The van der Waals surface area contributed by atoms with Crippen molar-refractivity contribution in [2.75, 3.05) is 14.2 Å². The van der Waals surface area contributed by atoms with Crippen LogP contribution in [0.2, 0.25) is 0 Å². The molecule has 3 aromatic heterocycles. The van der Waals surface area contributed by atoms with Crippen molar-refractivity contribution < 1.29 is 13.9 Å². The minimum absolute atomic E-state index is 0.228. The summed E-state index contributed by atoms with van der Waals surface area (Å²) < 4.78 is 27.1. The predicted octanol–water partition coefficient (Wildman–Crippen LogP) is 3.51. The SMILES string of the molecule is COc1ccc(CCn2ccc3c(nnc4c(-c5ccc(F)cc5)cnn43)c2=O)cc1OC. The molecule has 5 aromatic rings. The Bertz CT molecular complexity index is 1530. The summed E-state index contributed by atoms with van der Waals surface area (Å²) in [5.41, 5.74) is 3.52. The highest BCUT2D eigenvalue weighted by atomic mass is 19.1. The van der Waals surface area contributed by atoms with Crippen LogP contribution in [-0.2, 0) is 13.0 Å². The molecule has 0 atom stereocenters. The van der Waals surface area contributed by atoms with Gasteiger partial charge >= 0.3 is 0 Å². The first-order valence-electron chi connectivity index (χ1n) is 10.3. The van der Waals surface area contributed by atoms with Crippen molar-refractivity contribution in [3.05, 3.63) is 82.7 Å². The number of benzene rings is 2. The average Bonchev–Trinajstić information content (AvgIpc) is 3.28. The van der Waals surface area contributed by atoms with Gasteiger partial charge in [-0.3, -0.25) is 4.79 Å². The summed E-state index contributed by atoms with van der Waals surface area (Å²) in [5.74, 6) is 0.979. The topological polar surface area (TPSA) is 83.5 Å². The molecular formula is C24H20FN5O3. The fraction of sp³-hybridized carbons (Fsp3) is 0.167. The lowest BCUT2D eigenvalue weighted by Gasteiger charge is -2.11. The van der Waals surface area contributed by atoms with E-state index in [2.05, 4.69) is 15.3 Å². The highest BCUT2D eigenvalue weighted by molar-refractivity contribution is 5.82. The first-order valence-corrected chi connectivity index (χ1v) is 10.3. The summed E-state index contributed by atoms with van der Waals surface area (Å²) in [5, 5.41) is 12.8. The first kappa shape index (κ1) is 20.6. The number of hydrogen-bond acceptors (Lipinski definition) is 6. The van der Waals surface area contributed by atoms with Gasteiger partial charge in [0.25, 0.3) is 5.56 Å². The zero-order chi connectivity index (χ0) is 22.9. The van der Waals surface area contributed by atoms with Crippen LogP contribution < -0.4 is 15.0 Å². The van der Waals surface area contributed by atoms with Crippen molar-refractivity contribution in [2.45, 2.75) is 13.0 Å². The molecule has 0 N–H and O–H groups in total. The minimum atomic E-state index is -0.319. The number of nitrogens with zero attached hydrogens (tertiary/aromatic N) is 5. The van der Waals surface area contributed by atoms with E-state index in [4.69, 9.17) is 9.47 Å². The number of hydrogen-bond donors (Lipinski definition) is 0. The summed E-state index contributed by atoms with van der Waals surface area (Å²) in [6.07, 6.45) is 3.99. The number of rotatable bonds is 6. The van der Waals surface area contributed by atoms with Gasteiger partial charge in [-0.15, -0.1) is 10.2 Å². The molecule has 0 aliphatic carbocycles. The Kier molecular flexibility index (Phi) is 5.21. The van der Waals surface area contributed by atoms with Crippen LogP contribution >= 0.6 is 0 Å². The van der Waals surface area contributed by atoms with E-state index in [0.717, 1.165) is 11.1 Å². The fourth-order valence-corrected chi connectivity index (χ4v) is 3.82. The molecule has 0 aliphatic heterocycles. The molecule has 3 heterocycles. The van der Waals surface area contributed by atoms with Gasteiger partial charge in [-0.25, -0.2) is 8.91 Å². The van der Waals surface area contributed by atoms with Crippen molar-refractivity contribution in [1.82, 2.24) is 24.4 Å². The minimum Gasteiger partial charge on any atom is -0.493 e. The van der Waals surface area contributed by atoms with Crippen molar-refractivity contribution in [3.63, 3.8) is 0 Å². The number of ether oxygens (including phenoxy) is 2. The van der Waals surface area contributed by atoms with Crippen molar-refractivity contribution in [3.8, 4) is 22.6 Å². The van der Waals surface area contributed by atoms with Gasteiger partial charge in [0.1, 0.15) is 11.3 Å². The van der Waals surface area contributed by atoms with Crippen LogP contribution in [0.15, 0.2) is 65.7 Å². The number of methoxy groups -OCH3 is 2. The molecule has 0 spiro atoms. The van der Waals surface area contributed by atoms with Crippen LogP contribution in [0.4, 0.5) is 4.39 Å². The third-order valence-corrected chi connectivity index (χ3v) is 5.58. The quantitative estimate of drug-likeness (QED) is 0.398. The molecule has 0 amide bonds. The van der Waals surface area contributed by atoms with Crippen LogP contribution in [0.3, 0.4) is 0 Å². The second-order valence-corrected chi connectivity index (χ2v) is 7.49. The summed E-state index contributed by atoms with van der Waals surface area (Å²) in [7, 11) is 3.18. The van der Waals surface area contributed by atoms with Crippen molar-refractivity contribution in [1.29, 1.82) is 0 Å². The molecule has 0 unspecified atom stereocenters. The normalized spacial score (nSPS) is 11.2. The summed E-state index contributed by atoms with van der Waals surface area (Å²) in [6, 6.07) is 13.6. The fourth-order valence-electron chi connectivity index (χ4n) is 3.82. The largest absolute Gasteiger partial charge is 0.493 e. The zero-order valence-electron chi connectivity index (χ0n) is 18.0. The average molecular weight is 445 g/mol. The monoisotopic (exact) mass is 445 g/mol. The van der Waals surface area contributed by atoms with E-state index in [1.807, 2.05) is 18.2 Å². The Morgan fingerprint density at radius 3 is 2.52 bits per heavy atom. The van der Waals surface area contributed by atoms with Crippen molar-refractivity contribution >= 4 is 16.7 Å². The molecule has 9 heteroatoms. The van der Waals surface area contributed by atoms with Gasteiger partial charge in [0.05, 0.1) is 20.4 Å². The highest BCUT2D eigenvalue weighted by Gasteiger charge is 2.14. The van der Waals surface area contributed by atoms with Gasteiger partial charge in [-0.1, -0.05) is 18.2 Å². The number of aryl methyl sites for hydroxylation is 2. The Morgan fingerprint density at radius 2 is 1.76 bits per heavy atom. The molecule has 2 aromatic carbocycles. The van der Waals surface area contributed by atoms with E-state index in [1.54, 1.807) is 53.9 Å². The molecular weight excluding hydrogens is 425 g/mol. The van der Waals surface area contributed by atoms with E-state index >= 15 is 0 Å². The van der Waals surface area contributed by atoms with E-state index < -0.39 is 0 Å². The molecule has 0 aliphatic rings. The maximum absolute atomic E-state index is 13.3. The van der Waals surface area contributed by atoms with Crippen molar-refractivity contribution in [2.24, 2.45) is 0 Å². The highest BCUT2D eigenvalue weighted by Crippen LogP contribution is 2.28. The lowest BCUT2D eigenvalue weighted by Crippen LogP contribution is -2.22. The predicted molar refractivity (Wildman–Crippen MR) is 121 cm³/mol. The zero-order valence-corrected chi connectivity index (χ0v) is 18.0. The van der Waals surface area contributed by atoms with Crippen LogP contribution in [-0.4, -0.2) is 38.6 Å². The maximum atomic E-state index is 13.3. The molecule has 0 fully saturated rings. The Morgan fingerprint density at radius 1 is 0.970 bits per heavy atom. The molecule has 33 heavy (non-hydrogen) atoms. The first-order chi connectivity index (χ1) is 16.1. The lowest BCUT2D eigenvalue weighted by atomic mass is 10.1. The molecule has 0 saturated heterocycles. The van der Waals surface area contributed by atoms with E-state index in [0.29, 0.717) is 41.2 Å². The van der Waals surface area contributed by atoms with E-state index in [-0.39, 0.29) is 16.9 Å². The van der Waals surface area contributed by atoms with Gasteiger partial charge in [0.2, 0.25) is 0 Å². The lowest BCUT2D eigenvalue weighted by molar-refractivity contribution is 0.354. The van der Waals surface area contributed by atoms with Crippen LogP contribution in [0.25, 0.3) is 27.8 Å². The number of halogens is 1. The van der Waals surface area contributed by atoms with Crippen LogP contribution in [0.1, 0.15) is 5.56 Å². The summed E-state index contributed by atoms with van der Waals surface area (Å²) in [6.45, 7) is 0.462. The van der Waals surface area contributed by atoms with Gasteiger partial charge in [-0.2, -0.15) is 5.10 Å². The maximum Gasteiger partial charge on any atom is 0.280 e. The Balaban J connectivity index is 1.47. The second kappa shape index (κ2) is 8.34. The standard InChI is InChI=1S/C24H20FN5O3/c1-32-20-8-3-15(13-21(20)33-2)9-11-29-12-10-19-22(24(29)31)27-28-23-18(14-26-30(19)23)16-4-6-17(25)7-5-16/h3-8,10,12-14H,9,11H2,1-2H3. The smallest absolute Gasteiger partial charge is 0.280 e. The van der Waals surface area contributed by atoms with Gasteiger partial charge in [0, 0.05) is 18.3 Å². The number of fused-ring (bicyclic) bond motifs is 3. The second-order valence-electron chi connectivity index (χ2n) is 7.49. The Hall–Kier alpha value is -4.27.